The van der Waals surface area contributed by atoms with Crippen LogP contribution in [0.2, 0.25) is 0 Å². The van der Waals surface area contributed by atoms with E-state index in [0.717, 1.165) is 12.8 Å². The molecule has 1 aliphatic heterocycles. The van der Waals surface area contributed by atoms with Gasteiger partial charge in [0.25, 0.3) is 5.91 Å². The average Bonchev–Trinajstić information content (AvgIpc) is 3.16. The Labute approximate surface area is 164 Å². The molecule has 1 fully saturated rings. The first-order valence-corrected chi connectivity index (χ1v) is 9.52. The van der Waals surface area contributed by atoms with Gasteiger partial charge in [-0.25, -0.2) is 4.79 Å². The molecule has 0 atom stereocenters. The molecule has 2 aromatic rings. The molecule has 2 heterocycles. The van der Waals surface area contributed by atoms with Gasteiger partial charge in [0.2, 0.25) is 0 Å². The van der Waals surface area contributed by atoms with E-state index < -0.39 is 5.97 Å². The fraction of sp³-hybridized carbons (Fsp3) is 0.476. The Bertz CT molecular complexity index is 828. The molecule has 3 rings (SSSR count). The molecule has 0 aliphatic carbocycles. The van der Waals surface area contributed by atoms with Gasteiger partial charge in [0.05, 0.1) is 17.8 Å². The first-order chi connectivity index (χ1) is 13.2. The molecule has 7 nitrogen and oxygen atoms in total. The number of carboxylic acids is 1. The maximum absolute atomic E-state index is 12.4. The summed E-state index contributed by atoms with van der Waals surface area (Å²) in [5.74, 6) is -0.328. The van der Waals surface area contributed by atoms with E-state index >= 15 is 0 Å². The summed E-state index contributed by atoms with van der Waals surface area (Å²) < 4.78 is 7.35. The Balaban J connectivity index is 1.48. The molecule has 1 aliphatic rings. The second-order valence-corrected chi connectivity index (χ2v) is 8.19. The number of benzene rings is 1. The van der Waals surface area contributed by atoms with Crippen LogP contribution in [0.4, 0.5) is 0 Å². The SMILES string of the molecule is CC(C)(C)c1ccc(OCC(=O)N2CCC(n3cc(C(=O)O)cn3)CC2)cc1. The molecule has 0 bridgehead atoms. The van der Waals surface area contributed by atoms with E-state index in [9.17, 15) is 9.59 Å². The van der Waals surface area contributed by atoms with Crippen molar-refractivity contribution in [3.05, 3.63) is 47.8 Å². The summed E-state index contributed by atoms with van der Waals surface area (Å²) in [5.41, 5.74) is 1.49. The molecule has 1 N–H and O–H groups in total. The van der Waals surface area contributed by atoms with Crippen LogP contribution < -0.4 is 4.74 Å². The van der Waals surface area contributed by atoms with Crippen molar-refractivity contribution in [1.82, 2.24) is 14.7 Å². The number of amides is 1. The third-order valence-corrected chi connectivity index (χ3v) is 5.12. The Morgan fingerprint density at radius 1 is 1.18 bits per heavy atom. The monoisotopic (exact) mass is 385 g/mol. The number of likely N-dealkylation sites (tertiary alicyclic amines) is 1. The van der Waals surface area contributed by atoms with Gasteiger partial charge in [-0.2, -0.15) is 5.10 Å². The average molecular weight is 385 g/mol. The molecule has 1 saturated heterocycles. The summed E-state index contributed by atoms with van der Waals surface area (Å²) in [6.45, 7) is 7.70. The number of carboxylic acid groups (broad SMARTS) is 1. The third-order valence-electron chi connectivity index (χ3n) is 5.12. The lowest BCUT2D eigenvalue weighted by Crippen LogP contribution is -2.41. The first-order valence-electron chi connectivity index (χ1n) is 9.52. The van der Waals surface area contributed by atoms with Gasteiger partial charge in [0.15, 0.2) is 6.61 Å². The Hall–Kier alpha value is -2.83. The number of hydrogen-bond acceptors (Lipinski definition) is 4. The predicted octanol–water partition coefficient (Wildman–Crippen LogP) is 3.12. The summed E-state index contributed by atoms with van der Waals surface area (Å²) >= 11 is 0. The minimum absolute atomic E-state index is 0.0183. The number of rotatable bonds is 5. The van der Waals surface area contributed by atoms with Crippen molar-refractivity contribution in [3.63, 3.8) is 0 Å². The maximum Gasteiger partial charge on any atom is 0.338 e. The van der Waals surface area contributed by atoms with E-state index in [-0.39, 0.29) is 29.5 Å². The minimum atomic E-state index is -0.980. The zero-order chi connectivity index (χ0) is 20.3. The number of aromatic carboxylic acids is 1. The zero-order valence-corrected chi connectivity index (χ0v) is 16.6. The summed E-state index contributed by atoms with van der Waals surface area (Å²) in [4.78, 5) is 25.2. The molecule has 0 unspecified atom stereocenters. The molecule has 1 amide bonds. The van der Waals surface area contributed by atoms with Crippen LogP contribution in [0, 0.1) is 0 Å². The fourth-order valence-corrected chi connectivity index (χ4v) is 3.32. The smallest absolute Gasteiger partial charge is 0.338 e. The third kappa shape index (κ3) is 4.71. The topological polar surface area (TPSA) is 84.7 Å². The molecule has 0 radical (unpaired) electrons. The summed E-state index contributed by atoms with van der Waals surface area (Å²) in [6.07, 6.45) is 4.40. The van der Waals surface area contributed by atoms with Gasteiger partial charge in [0.1, 0.15) is 5.75 Å². The van der Waals surface area contributed by atoms with Gasteiger partial charge in [-0.1, -0.05) is 32.9 Å². The largest absolute Gasteiger partial charge is 0.484 e. The molecule has 1 aromatic heterocycles. The Kier molecular flexibility index (Phi) is 5.72. The maximum atomic E-state index is 12.4. The normalized spacial score (nSPS) is 15.5. The van der Waals surface area contributed by atoms with Crippen LogP contribution in [0.25, 0.3) is 0 Å². The Morgan fingerprint density at radius 3 is 2.36 bits per heavy atom. The van der Waals surface area contributed by atoms with E-state index in [1.807, 2.05) is 24.3 Å². The summed E-state index contributed by atoms with van der Waals surface area (Å²) in [6, 6.07) is 7.97. The van der Waals surface area contributed by atoms with Crippen molar-refractivity contribution >= 4 is 11.9 Å². The van der Waals surface area contributed by atoms with Gasteiger partial charge in [-0.05, 0) is 36.0 Å². The van der Waals surface area contributed by atoms with Crippen LogP contribution in [0.15, 0.2) is 36.7 Å². The van der Waals surface area contributed by atoms with Crippen molar-refractivity contribution < 1.29 is 19.4 Å². The van der Waals surface area contributed by atoms with Crippen molar-refractivity contribution in [2.75, 3.05) is 19.7 Å². The quantitative estimate of drug-likeness (QED) is 0.855. The number of aromatic nitrogens is 2. The van der Waals surface area contributed by atoms with Gasteiger partial charge >= 0.3 is 5.97 Å². The molecule has 0 saturated carbocycles. The summed E-state index contributed by atoms with van der Waals surface area (Å²) in [7, 11) is 0. The highest BCUT2D eigenvalue weighted by Crippen LogP contribution is 2.25. The highest BCUT2D eigenvalue weighted by Gasteiger charge is 2.25. The van der Waals surface area contributed by atoms with Gasteiger partial charge < -0.3 is 14.7 Å². The molecular formula is C21H27N3O4. The van der Waals surface area contributed by atoms with Crippen LogP contribution in [-0.2, 0) is 10.2 Å². The van der Waals surface area contributed by atoms with Crippen LogP contribution in [0.3, 0.4) is 0 Å². The van der Waals surface area contributed by atoms with Crippen molar-refractivity contribution in [1.29, 1.82) is 0 Å². The van der Waals surface area contributed by atoms with Crippen molar-refractivity contribution in [2.24, 2.45) is 0 Å². The van der Waals surface area contributed by atoms with Gasteiger partial charge in [-0.15, -0.1) is 0 Å². The molecular weight excluding hydrogens is 358 g/mol. The van der Waals surface area contributed by atoms with E-state index in [4.69, 9.17) is 9.84 Å². The lowest BCUT2D eigenvalue weighted by Gasteiger charge is -2.32. The molecule has 0 spiro atoms. The van der Waals surface area contributed by atoms with E-state index in [1.54, 1.807) is 15.8 Å². The number of nitrogens with zero attached hydrogens (tertiary/aromatic N) is 3. The van der Waals surface area contributed by atoms with E-state index in [1.165, 1.54) is 11.8 Å². The number of piperidine rings is 1. The second kappa shape index (κ2) is 8.04. The second-order valence-electron chi connectivity index (χ2n) is 8.19. The first kappa shape index (κ1) is 19.9. The lowest BCUT2D eigenvalue weighted by atomic mass is 9.87. The van der Waals surface area contributed by atoms with Crippen LogP contribution in [0.1, 0.15) is 55.6 Å². The van der Waals surface area contributed by atoms with Gasteiger partial charge in [0, 0.05) is 19.3 Å². The molecule has 1 aromatic carbocycles. The van der Waals surface area contributed by atoms with E-state index in [0.29, 0.717) is 18.8 Å². The minimum Gasteiger partial charge on any atom is -0.484 e. The Morgan fingerprint density at radius 2 is 1.82 bits per heavy atom. The molecule has 7 heteroatoms. The zero-order valence-electron chi connectivity index (χ0n) is 16.6. The number of ether oxygens (including phenoxy) is 1. The standard InChI is InChI=1S/C21H27N3O4/c1-21(2,3)16-4-6-18(7-5-16)28-14-19(25)23-10-8-17(9-11-23)24-13-15(12-22-24)20(26)27/h4-7,12-13,17H,8-11,14H2,1-3H3,(H,26,27). The van der Waals surface area contributed by atoms with Crippen molar-refractivity contribution in [3.8, 4) is 5.75 Å². The predicted molar refractivity (Wildman–Crippen MR) is 105 cm³/mol. The molecule has 28 heavy (non-hydrogen) atoms. The number of carbonyl (C=O) groups excluding carboxylic acids is 1. The highest BCUT2D eigenvalue weighted by molar-refractivity contribution is 5.86. The fourth-order valence-electron chi connectivity index (χ4n) is 3.32. The van der Waals surface area contributed by atoms with Crippen LogP contribution in [-0.4, -0.2) is 51.4 Å². The van der Waals surface area contributed by atoms with E-state index in [2.05, 4.69) is 25.9 Å². The number of carbonyl (C=O) groups is 2. The summed E-state index contributed by atoms with van der Waals surface area (Å²) in [5, 5.41) is 13.1. The van der Waals surface area contributed by atoms with Gasteiger partial charge in [-0.3, -0.25) is 9.48 Å². The highest BCUT2D eigenvalue weighted by atomic mass is 16.5. The van der Waals surface area contributed by atoms with Crippen LogP contribution in [0.5, 0.6) is 5.75 Å². The lowest BCUT2D eigenvalue weighted by molar-refractivity contribution is -0.134. The number of hydrogen-bond donors (Lipinski definition) is 1. The van der Waals surface area contributed by atoms with Crippen LogP contribution >= 0.6 is 0 Å². The van der Waals surface area contributed by atoms with Crippen molar-refractivity contribution in [2.45, 2.75) is 45.1 Å². The molecule has 150 valence electrons.